The minimum atomic E-state index is -4.67. The molecule has 0 heterocycles. The van der Waals surface area contributed by atoms with Crippen molar-refractivity contribution in [2.45, 2.75) is 45.4 Å². The van der Waals surface area contributed by atoms with E-state index in [2.05, 4.69) is 4.74 Å². The zero-order valence-electron chi connectivity index (χ0n) is 11.5. The van der Waals surface area contributed by atoms with E-state index < -0.39 is 6.36 Å². The van der Waals surface area contributed by atoms with Gasteiger partial charge >= 0.3 is 6.36 Å². The highest BCUT2D eigenvalue weighted by Gasteiger charge is 2.31. The highest BCUT2D eigenvalue weighted by molar-refractivity contribution is 5.38. The SMILES string of the molecule is CC(C)(C)c1cc(CCCN)cc(OC(F)(F)F)c1. The molecule has 0 atom stereocenters. The van der Waals surface area contributed by atoms with Gasteiger partial charge in [-0.1, -0.05) is 26.8 Å². The van der Waals surface area contributed by atoms with Gasteiger partial charge in [0.25, 0.3) is 0 Å². The van der Waals surface area contributed by atoms with Crippen molar-refractivity contribution in [3.8, 4) is 5.75 Å². The number of ether oxygens (including phenoxy) is 1. The van der Waals surface area contributed by atoms with Crippen molar-refractivity contribution < 1.29 is 17.9 Å². The van der Waals surface area contributed by atoms with Gasteiger partial charge in [0.15, 0.2) is 0 Å². The molecule has 19 heavy (non-hydrogen) atoms. The molecule has 0 unspecified atom stereocenters. The summed E-state index contributed by atoms with van der Waals surface area (Å²) in [6.07, 6.45) is -3.28. The molecule has 0 radical (unpaired) electrons. The van der Waals surface area contributed by atoms with Crippen LogP contribution in [0.3, 0.4) is 0 Å². The lowest BCUT2D eigenvalue weighted by Gasteiger charge is -2.21. The first-order valence-corrected chi connectivity index (χ1v) is 6.22. The highest BCUT2D eigenvalue weighted by atomic mass is 19.4. The molecule has 0 spiro atoms. The normalized spacial score (nSPS) is 12.6. The average Bonchev–Trinajstić information content (AvgIpc) is 2.22. The number of rotatable bonds is 4. The van der Waals surface area contributed by atoms with Gasteiger partial charge in [0.1, 0.15) is 5.75 Å². The van der Waals surface area contributed by atoms with Gasteiger partial charge in [0, 0.05) is 0 Å². The van der Waals surface area contributed by atoms with Crippen LogP contribution < -0.4 is 10.5 Å². The Morgan fingerprint density at radius 1 is 1.11 bits per heavy atom. The Morgan fingerprint density at radius 2 is 1.74 bits per heavy atom. The maximum Gasteiger partial charge on any atom is 0.573 e. The number of halogens is 3. The Balaban J connectivity index is 3.09. The van der Waals surface area contributed by atoms with E-state index in [0.717, 1.165) is 17.5 Å². The Kier molecular flexibility index (Phi) is 4.85. The molecule has 0 aliphatic heterocycles. The van der Waals surface area contributed by atoms with E-state index in [9.17, 15) is 13.2 Å². The summed E-state index contributed by atoms with van der Waals surface area (Å²) in [6, 6.07) is 4.79. The van der Waals surface area contributed by atoms with Crippen LogP contribution in [0.1, 0.15) is 38.3 Å². The highest BCUT2D eigenvalue weighted by Crippen LogP contribution is 2.31. The molecule has 1 aromatic carbocycles. The summed E-state index contributed by atoms with van der Waals surface area (Å²) in [4.78, 5) is 0. The van der Waals surface area contributed by atoms with E-state index in [1.807, 2.05) is 26.8 Å². The van der Waals surface area contributed by atoms with E-state index in [1.54, 1.807) is 0 Å². The van der Waals surface area contributed by atoms with Crippen molar-refractivity contribution in [1.29, 1.82) is 0 Å². The van der Waals surface area contributed by atoms with Crippen molar-refractivity contribution in [1.82, 2.24) is 0 Å². The molecule has 1 rings (SSSR count). The molecule has 0 aromatic heterocycles. The Labute approximate surface area is 111 Å². The number of alkyl halides is 3. The minimum absolute atomic E-state index is 0.160. The predicted molar refractivity (Wildman–Crippen MR) is 69.2 cm³/mol. The third-order valence-electron chi connectivity index (χ3n) is 2.74. The zero-order chi connectivity index (χ0) is 14.7. The van der Waals surface area contributed by atoms with E-state index in [4.69, 9.17) is 5.73 Å². The Bertz CT molecular complexity index is 422. The lowest BCUT2D eigenvalue weighted by molar-refractivity contribution is -0.274. The summed E-state index contributed by atoms with van der Waals surface area (Å²) in [6.45, 7) is 6.36. The first kappa shape index (κ1) is 15.8. The number of hydrogen-bond acceptors (Lipinski definition) is 2. The van der Waals surface area contributed by atoms with Crippen molar-refractivity contribution in [3.05, 3.63) is 29.3 Å². The quantitative estimate of drug-likeness (QED) is 0.907. The third-order valence-corrected chi connectivity index (χ3v) is 2.74. The average molecular weight is 275 g/mol. The molecule has 0 saturated carbocycles. The molecular weight excluding hydrogens is 255 g/mol. The molecule has 2 N–H and O–H groups in total. The first-order chi connectivity index (χ1) is 8.62. The summed E-state index contributed by atoms with van der Waals surface area (Å²) in [5, 5.41) is 0. The molecule has 2 nitrogen and oxygen atoms in total. The summed E-state index contributed by atoms with van der Waals surface area (Å²) >= 11 is 0. The predicted octanol–water partition coefficient (Wildman–Crippen LogP) is 3.77. The fourth-order valence-electron chi connectivity index (χ4n) is 1.74. The Hall–Kier alpha value is -1.23. The van der Waals surface area contributed by atoms with Gasteiger partial charge in [-0.15, -0.1) is 13.2 Å². The van der Waals surface area contributed by atoms with Crippen LogP contribution in [0.15, 0.2) is 18.2 Å². The van der Waals surface area contributed by atoms with Crippen LogP contribution in [0.4, 0.5) is 13.2 Å². The fourth-order valence-corrected chi connectivity index (χ4v) is 1.74. The van der Waals surface area contributed by atoms with Crippen LogP contribution in [-0.4, -0.2) is 12.9 Å². The van der Waals surface area contributed by atoms with Gasteiger partial charge in [-0.3, -0.25) is 0 Å². The van der Waals surface area contributed by atoms with Crippen LogP contribution in [-0.2, 0) is 11.8 Å². The molecule has 5 heteroatoms. The monoisotopic (exact) mass is 275 g/mol. The van der Waals surface area contributed by atoms with Crippen LogP contribution in [0.2, 0.25) is 0 Å². The van der Waals surface area contributed by atoms with E-state index >= 15 is 0 Å². The molecule has 0 saturated heterocycles. The molecule has 0 fully saturated rings. The van der Waals surface area contributed by atoms with Crippen molar-refractivity contribution in [2.24, 2.45) is 5.73 Å². The molecule has 1 aromatic rings. The molecule has 0 aliphatic carbocycles. The summed E-state index contributed by atoms with van der Waals surface area (Å²) in [5.74, 6) is -0.160. The topological polar surface area (TPSA) is 35.2 Å². The summed E-state index contributed by atoms with van der Waals surface area (Å²) in [5.41, 5.74) is 6.83. The molecule has 0 amide bonds. The second-order valence-electron chi connectivity index (χ2n) is 5.56. The summed E-state index contributed by atoms with van der Waals surface area (Å²) < 4.78 is 41.0. The first-order valence-electron chi connectivity index (χ1n) is 6.22. The summed E-state index contributed by atoms with van der Waals surface area (Å²) in [7, 11) is 0. The maximum absolute atomic E-state index is 12.3. The van der Waals surface area contributed by atoms with Crippen molar-refractivity contribution in [3.63, 3.8) is 0 Å². The van der Waals surface area contributed by atoms with E-state index in [-0.39, 0.29) is 11.2 Å². The number of benzene rings is 1. The van der Waals surface area contributed by atoms with Crippen LogP contribution in [0.25, 0.3) is 0 Å². The number of hydrogen-bond donors (Lipinski definition) is 1. The van der Waals surface area contributed by atoms with Gasteiger partial charge in [-0.25, -0.2) is 0 Å². The minimum Gasteiger partial charge on any atom is -0.406 e. The van der Waals surface area contributed by atoms with E-state index in [1.165, 1.54) is 12.1 Å². The Morgan fingerprint density at radius 3 is 2.21 bits per heavy atom. The van der Waals surface area contributed by atoms with Crippen LogP contribution in [0.5, 0.6) is 5.75 Å². The smallest absolute Gasteiger partial charge is 0.406 e. The fraction of sp³-hybridized carbons (Fsp3) is 0.571. The van der Waals surface area contributed by atoms with Gasteiger partial charge in [-0.2, -0.15) is 0 Å². The second kappa shape index (κ2) is 5.82. The number of aryl methyl sites for hydroxylation is 1. The third kappa shape index (κ3) is 5.51. The molecule has 0 bridgehead atoms. The largest absolute Gasteiger partial charge is 0.573 e. The maximum atomic E-state index is 12.3. The van der Waals surface area contributed by atoms with E-state index in [0.29, 0.717) is 13.0 Å². The standard InChI is InChI=1S/C14H20F3NO/c1-13(2,3)11-7-10(5-4-6-18)8-12(9-11)19-14(15,16)17/h7-9H,4-6,18H2,1-3H3. The van der Waals surface area contributed by atoms with Gasteiger partial charge < -0.3 is 10.5 Å². The lowest BCUT2D eigenvalue weighted by Crippen LogP contribution is -2.18. The van der Waals surface area contributed by atoms with Crippen LogP contribution >= 0.6 is 0 Å². The molecular formula is C14H20F3NO. The second-order valence-corrected chi connectivity index (χ2v) is 5.56. The van der Waals surface area contributed by atoms with Gasteiger partial charge in [0.2, 0.25) is 0 Å². The van der Waals surface area contributed by atoms with Crippen molar-refractivity contribution >= 4 is 0 Å². The molecule has 0 aliphatic rings. The number of nitrogens with two attached hydrogens (primary N) is 1. The molecule has 108 valence electrons. The van der Waals surface area contributed by atoms with Gasteiger partial charge in [-0.05, 0) is 48.1 Å². The zero-order valence-corrected chi connectivity index (χ0v) is 11.5. The van der Waals surface area contributed by atoms with Gasteiger partial charge in [0.05, 0.1) is 0 Å². The lowest BCUT2D eigenvalue weighted by atomic mass is 9.85. The van der Waals surface area contributed by atoms with Crippen LogP contribution in [0, 0.1) is 0 Å². The van der Waals surface area contributed by atoms with Crippen molar-refractivity contribution in [2.75, 3.05) is 6.54 Å².